The average Bonchev–Trinajstić information content (AvgIpc) is 3.27. The van der Waals surface area contributed by atoms with Crippen LogP contribution in [-0.2, 0) is 19.1 Å². The molecule has 3 aromatic rings. The SMILES string of the molecule is FC(F)(F)c1ccccc1CN1CCN(CCCCc2cc(-c3ccccc3)no2)CC1. The maximum Gasteiger partial charge on any atom is 0.416 e. The predicted octanol–water partition coefficient (Wildman–Crippen LogP) is 5.50. The third-order valence-corrected chi connectivity index (χ3v) is 5.96. The van der Waals surface area contributed by atoms with E-state index in [2.05, 4.69) is 15.0 Å². The van der Waals surface area contributed by atoms with E-state index in [1.807, 2.05) is 36.4 Å². The van der Waals surface area contributed by atoms with Gasteiger partial charge in [-0.25, -0.2) is 0 Å². The molecule has 1 aromatic heterocycles. The molecule has 0 unspecified atom stereocenters. The van der Waals surface area contributed by atoms with E-state index in [4.69, 9.17) is 4.52 Å². The molecule has 4 rings (SSSR count). The van der Waals surface area contributed by atoms with E-state index in [1.54, 1.807) is 12.1 Å². The standard InChI is InChI=1S/C25H28F3N3O/c26-25(27,28)23-12-5-4-10-21(23)19-31-16-14-30(15-17-31)13-7-6-11-22-18-24(29-32-22)20-8-2-1-3-9-20/h1-5,8-10,12,18H,6-7,11,13-17,19H2. The topological polar surface area (TPSA) is 32.5 Å². The van der Waals surface area contributed by atoms with Crippen molar-refractivity contribution in [2.45, 2.75) is 32.0 Å². The van der Waals surface area contributed by atoms with Crippen molar-refractivity contribution in [3.63, 3.8) is 0 Å². The average molecular weight is 444 g/mol. The Balaban J connectivity index is 1.17. The van der Waals surface area contributed by atoms with Gasteiger partial charge in [0, 0.05) is 50.8 Å². The van der Waals surface area contributed by atoms with Gasteiger partial charge in [-0.15, -0.1) is 0 Å². The second-order valence-electron chi connectivity index (χ2n) is 8.27. The van der Waals surface area contributed by atoms with Crippen LogP contribution in [0.3, 0.4) is 0 Å². The van der Waals surface area contributed by atoms with Crippen molar-refractivity contribution in [1.29, 1.82) is 0 Å². The molecule has 0 spiro atoms. The Morgan fingerprint density at radius 3 is 2.28 bits per heavy atom. The lowest BCUT2D eigenvalue weighted by Crippen LogP contribution is -2.46. The van der Waals surface area contributed by atoms with Crippen molar-refractivity contribution >= 4 is 0 Å². The Bertz CT molecular complexity index is 979. The molecule has 0 amide bonds. The van der Waals surface area contributed by atoms with Crippen molar-refractivity contribution in [3.05, 3.63) is 77.6 Å². The largest absolute Gasteiger partial charge is 0.416 e. The summed E-state index contributed by atoms with van der Waals surface area (Å²) in [6.45, 7) is 4.68. The van der Waals surface area contributed by atoms with E-state index in [0.717, 1.165) is 69.0 Å². The zero-order valence-electron chi connectivity index (χ0n) is 18.0. The van der Waals surface area contributed by atoms with Crippen LogP contribution in [0.25, 0.3) is 11.3 Å². The van der Waals surface area contributed by atoms with Crippen LogP contribution in [0.5, 0.6) is 0 Å². The van der Waals surface area contributed by atoms with Gasteiger partial charge >= 0.3 is 6.18 Å². The maximum atomic E-state index is 13.2. The van der Waals surface area contributed by atoms with Crippen LogP contribution in [-0.4, -0.2) is 47.7 Å². The molecule has 1 aliphatic rings. The molecular weight excluding hydrogens is 415 g/mol. The first-order valence-electron chi connectivity index (χ1n) is 11.1. The van der Waals surface area contributed by atoms with Gasteiger partial charge < -0.3 is 9.42 Å². The number of benzene rings is 2. The van der Waals surface area contributed by atoms with Gasteiger partial charge in [0.2, 0.25) is 0 Å². The lowest BCUT2D eigenvalue weighted by atomic mass is 10.1. The number of nitrogens with zero attached hydrogens (tertiary/aromatic N) is 3. The Kier molecular flexibility index (Phi) is 7.27. The van der Waals surface area contributed by atoms with Gasteiger partial charge in [-0.05, 0) is 31.0 Å². The predicted molar refractivity (Wildman–Crippen MR) is 118 cm³/mol. The van der Waals surface area contributed by atoms with E-state index in [0.29, 0.717) is 12.1 Å². The van der Waals surface area contributed by atoms with Gasteiger partial charge in [0.15, 0.2) is 0 Å². The molecule has 4 nitrogen and oxygen atoms in total. The summed E-state index contributed by atoms with van der Waals surface area (Å²) in [6.07, 6.45) is -1.38. The number of alkyl halides is 3. The Labute approximate surface area is 186 Å². The number of hydrogen-bond donors (Lipinski definition) is 0. The van der Waals surface area contributed by atoms with Crippen molar-refractivity contribution in [2.75, 3.05) is 32.7 Å². The lowest BCUT2D eigenvalue weighted by molar-refractivity contribution is -0.138. The first kappa shape index (κ1) is 22.6. The molecule has 0 atom stereocenters. The Hall–Kier alpha value is -2.64. The van der Waals surface area contributed by atoms with Gasteiger partial charge in [-0.2, -0.15) is 13.2 Å². The molecule has 0 aliphatic carbocycles. The molecule has 32 heavy (non-hydrogen) atoms. The van der Waals surface area contributed by atoms with Crippen molar-refractivity contribution < 1.29 is 17.7 Å². The molecule has 2 aromatic carbocycles. The monoisotopic (exact) mass is 443 g/mol. The second-order valence-corrected chi connectivity index (χ2v) is 8.27. The quantitative estimate of drug-likeness (QED) is 0.431. The molecule has 2 heterocycles. The number of rotatable bonds is 8. The van der Waals surface area contributed by atoms with Crippen LogP contribution >= 0.6 is 0 Å². The molecule has 7 heteroatoms. The summed E-state index contributed by atoms with van der Waals surface area (Å²) < 4.78 is 45.1. The molecule has 1 fully saturated rings. The van der Waals surface area contributed by atoms with Crippen LogP contribution < -0.4 is 0 Å². The number of piperazine rings is 1. The van der Waals surface area contributed by atoms with Crippen LogP contribution in [0.15, 0.2) is 65.2 Å². The van der Waals surface area contributed by atoms with E-state index < -0.39 is 11.7 Å². The molecule has 1 aliphatic heterocycles. The number of aromatic nitrogens is 1. The second kappa shape index (κ2) is 10.3. The smallest absolute Gasteiger partial charge is 0.361 e. The fourth-order valence-corrected chi connectivity index (χ4v) is 4.16. The van der Waals surface area contributed by atoms with Crippen molar-refractivity contribution in [1.82, 2.24) is 15.0 Å². The van der Waals surface area contributed by atoms with Crippen LogP contribution in [0.2, 0.25) is 0 Å². The summed E-state index contributed by atoms with van der Waals surface area (Å²) in [4.78, 5) is 4.50. The molecule has 0 saturated carbocycles. The molecule has 0 radical (unpaired) electrons. The van der Waals surface area contributed by atoms with Crippen LogP contribution in [0.1, 0.15) is 29.7 Å². The van der Waals surface area contributed by atoms with Crippen molar-refractivity contribution in [2.24, 2.45) is 0 Å². The first-order chi connectivity index (χ1) is 15.5. The van der Waals surface area contributed by atoms with E-state index in [-0.39, 0.29) is 0 Å². The Morgan fingerprint density at radius 1 is 0.844 bits per heavy atom. The zero-order valence-corrected chi connectivity index (χ0v) is 18.0. The van der Waals surface area contributed by atoms with E-state index >= 15 is 0 Å². The number of unbranched alkanes of at least 4 members (excludes halogenated alkanes) is 1. The normalized spacial score (nSPS) is 15.8. The number of hydrogen-bond acceptors (Lipinski definition) is 4. The number of halogens is 3. The van der Waals surface area contributed by atoms with Gasteiger partial charge in [0.05, 0.1) is 5.56 Å². The fourth-order valence-electron chi connectivity index (χ4n) is 4.16. The third kappa shape index (κ3) is 5.99. The van der Waals surface area contributed by atoms with E-state index in [9.17, 15) is 13.2 Å². The minimum Gasteiger partial charge on any atom is -0.361 e. The van der Waals surface area contributed by atoms with Crippen molar-refractivity contribution in [3.8, 4) is 11.3 Å². The summed E-state index contributed by atoms with van der Waals surface area (Å²) >= 11 is 0. The minimum atomic E-state index is -4.30. The van der Waals surface area contributed by atoms with Gasteiger partial charge in [0.1, 0.15) is 11.5 Å². The summed E-state index contributed by atoms with van der Waals surface area (Å²) in [5, 5.41) is 4.16. The number of aryl methyl sites for hydroxylation is 1. The van der Waals surface area contributed by atoms with Crippen LogP contribution in [0, 0.1) is 0 Å². The summed E-state index contributed by atoms with van der Waals surface area (Å²) in [5.41, 5.74) is 1.75. The third-order valence-electron chi connectivity index (χ3n) is 5.96. The summed E-state index contributed by atoms with van der Waals surface area (Å²) in [6, 6.07) is 17.9. The van der Waals surface area contributed by atoms with Gasteiger partial charge in [-0.3, -0.25) is 4.90 Å². The highest BCUT2D eigenvalue weighted by atomic mass is 19.4. The molecule has 1 saturated heterocycles. The summed E-state index contributed by atoms with van der Waals surface area (Å²) in [7, 11) is 0. The minimum absolute atomic E-state index is 0.346. The molecule has 170 valence electrons. The molecule has 0 N–H and O–H groups in total. The van der Waals surface area contributed by atoms with Crippen LogP contribution in [0.4, 0.5) is 13.2 Å². The van der Waals surface area contributed by atoms with Gasteiger partial charge in [0.25, 0.3) is 0 Å². The van der Waals surface area contributed by atoms with E-state index in [1.165, 1.54) is 12.1 Å². The zero-order chi connectivity index (χ0) is 22.4. The lowest BCUT2D eigenvalue weighted by Gasteiger charge is -2.35. The molecular formula is C25H28F3N3O. The van der Waals surface area contributed by atoms with Gasteiger partial charge in [-0.1, -0.05) is 53.7 Å². The molecule has 0 bridgehead atoms. The maximum absolute atomic E-state index is 13.2. The first-order valence-corrected chi connectivity index (χ1v) is 11.1. The fraction of sp³-hybridized carbons (Fsp3) is 0.400. The summed E-state index contributed by atoms with van der Waals surface area (Å²) in [5.74, 6) is 0.900. The highest BCUT2D eigenvalue weighted by Crippen LogP contribution is 2.32. The Morgan fingerprint density at radius 2 is 1.53 bits per heavy atom. The highest BCUT2D eigenvalue weighted by molar-refractivity contribution is 5.58. The highest BCUT2D eigenvalue weighted by Gasteiger charge is 2.33.